The highest BCUT2D eigenvalue weighted by atomic mass is 15.2. The van der Waals surface area contributed by atoms with Crippen molar-refractivity contribution in [2.45, 2.75) is 103 Å². The second kappa shape index (κ2) is 29.9. The summed E-state index contributed by atoms with van der Waals surface area (Å²) in [6, 6.07) is 149. The SMILES string of the molecule is C=C/C=C\c1cc(N(c2cc(-c3ccc4c(c3)C(C)(C)c3cc(-c5cc(N(c6ccc7c(c6)C(C)(C)c6ccccc6-7)c6ccc7ccccc7c6)cc(N(c6ccc7c(c6)C(C)(C)c6ccccc6-7)c6ccc7ccccc7c6)c5)ccc3-4)cc(N(c3ccc4c(c3)C(C)(C)c3ccccc3-4)c3ccc4ccccc4c3)c2)c2ccc3c(c2)C(C)(C)c2ccccc2-3)ccc1C. The molecule has 0 amide bonds. The Bertz CT molecular complexity index is 7930. The van der Waals surface area contributed by atoms with Gasteiger partial charge in [-0.3, -0.25) is 0 Å². The summed E-state index contributed by atoms with van der Waals surface area (Å²) >= 11 is 0. The molecule has 19 aromatic carbocycles. The molecule has 0 saturated carbocycles. The third-order valence-corrected chi connectivity index (χ3v) is 30.4. The van der Waals surface area contributed by atoms with Crippen LogP contribution in [0.1, 0.15) is 136 Å². The second-order valence-electron chi connectivity index (χ2n) is 39.8. The summed E-state index contributed by atoms with van der Waals surface area (Å²) in [7, 11) is 0. The normalized spacial score (nSPS) is 14.6. The minimum atomic E-state index is -0.473. The molecule has 24 rings (SSSR count). The lowest BCUT2D eigenvalue weighted by Gasteiger charge is -2.32. The lowest BCUT2D eigenvalue weighted by Crippen LogP contribution is -2.18. The second-order valence-corrected chi connectivity index (χ2v) is 39.8. The molecular weight excluding hydrogens is 1590 g/mol. The van der Waals surface area contributed by atoms with Gasteiger partial charge < -0.3 is 19.6 Å². The highest BCUT2D eigenvalue weighted by Crippen LogP contribution is 2.60. The molecule has 4 nitrogen and oxygen atoms in total. The van der Waals surface area contributed by atoms with Crippen molar-refractivity contribution in [3.63, 3.8) is 0 Å². The summed E-state index contributed by atoms with van der Waals surface area (Å²) in [4.78, 5) is 10.1. The van der Waals surface area contributed by atoms with E-state index < -0.39 is 5.41 Å². The molecular formula is C128H102N4. The zero-order valence-electron chi connectivity index (χ0n) is 76.7. The van der Waals surface area contributed by atoms with Gasteiger partial charge in [-0.1, -0.05) is 337 Å². The van der Waals surface area contributed by atoms with Crippen molar-refractivity contribution in [3.8, 4) is 77.9 Å². The van der Waals surface area contributed by atoms with Crippen LogP contribution < -0.4 is 19.6 Å². The molecule has 0 radical (unpaired) electrons. The standard InChI is InChI=1S/C128H102N4/c1-13-14-29-84-64-92(50-44-80(84)2)129(96-54-60-110-104-36-21-25-40-114(104)124(3,4)120(110)76-96)100-68-90(69-101(74-100)130(93-51-45-81-30-15-18-33-85(81)65-93)97-55-61-111-105-37-22-26-41-115(105)125(5,6)121(111)77-97)88-48-58-108-109-59-49-89(73-119(109)128(11,12)118(108)72-88)91-70-102(131(94-52-46-82-31-16-19-34-86(82)66-94)98-56-62-112-106-38-23-27-42-116(106)126(7,8)122(112)78-98)75-103(71-91)132(95-53-47-83-32-17-20-35-87(83)67-95)99-57-63-113-107-39-24-28-43-117(107)127(9,10)123(113)79-99/h13-79H,1H2,2-12H3/b29-14-. The highest BCUT2D eigenvalue weighted by Gasteiger charge is 2.43. The van der Waals surface area contributed by atoms with Crippen molar-refractivity contribution >= 4 is 107 Å². The minimum Gasteiger partial charge on any atom is -0.310 e. The molecule has 0 bridgehead atoms. The van der Waals surface area contributed by atoms with E-state index >= 15 is 0 Å². The molecule has 0 heterocycles. The van der Waals surface area contributed by atoms with E-state index in [1.807, 2.05) is 6.08 Å². The molecule has 5 aliphatic carbocycles. The summed E-state index contributed by atoms with van der Waals surface area (Å²) in [5, 5.41) is 7.11. The van der Waals surface area contributed by atoms with E-state index in [-0.39, 0.29) is 21.7 Å². The third kappa shape index (κ3) is 12.5. The fraction of sp³-hybridized carbons (Fsp3) is 0.125. The van der Waals surface area contributed by atoms with Gasteiger partial charge in [0.1, 0.15) is 0 Å². The van der Waals surface area contributed by atoms with Crippen LogP contribution in [0.2, 0.25) is 0 Å². The highest BCUT2D eigenvalue weighted by molar-refractivity contribution is 6.00. The van der Waals surface area contributed by atoms with E-state index in [1.165, 1.54) is 149 Å². The molecule has 0 aromatic heterocycles. The van der Waals surface area contributed by atoms with E-state index in [2.05, 4.69) is 503 Å². The number of aryl methyl sites for hydroxylation is 1. The Balaban J connectivity index is 0.707. The fourth-order valence-corrected chi connectivity index (χ4v) is 23.3. The molecule has 0 fully saturated rings. The van der Waals surface area contributed by atoms with Crippen molar-refractivity contribution in [1.29, 1.82) is 0 Å². The summed E-state index contributed by atoms with van der Waals surface area (Å²) < 4.78 is 0. The number of hydrogen-bond acceptors (Lipinski definition) is 4. The summed E-state index contributed by atoms with van der Waals surface area (Å²) in [5.41, 5.74) is 44.1. The van der Waals surface area contributed by atoms with E-state index in [4.69, 9.17) is 0 Å². The Labute approximate surface area is 775 Å². The number of benzene rings is 19. The van der Waals surface area contributed by atoms with Gasteiger partial charge >= 0.3 is 0 Å². The number of anilines is 12. The van der Waals surface area contributed by atoms with Crippen molar-refractivity contribution < 1.29 is 0 Å². The van der Waals surface area contributed by atoms with Crippen LogP contribution in [0.25, 0.3) is 116 Å². The quantitative estimate of drug-likeness (QED) is 0.0894. The van der Waals surface area contributed by atoms with Crippen LogP contribution in [-0.2, 0) is 27.1 Å². The molecule has 0 saturated heterocycles. The number of fused-ring (bicyclic) bond motifs is 18. The van der Waals surface area contributed by atoms with Crippen molar-refractivity contribution in [2.24, 2.45) is 0 Å². The van der Waals surface area contributed by atoms with Crippen LogP contribution in [-0.4, -0.2) is 0 Å². The predicted molar refractivity (Wildman–Crippen MR) is 560 cm³/mol. The van der Waals surface area contributed by atoms with Crippen LogP contribution >= 0.6 is 0 Å². The molecule has 0 atom stereocenters. The smallest absolute Gasteiger partial charge is 0.0488 e. The van der Waals surface area contributed by atoms with Gasteiger partial charge in [-0.2, -0.15) is 0 Å². The van der Waals surface area contributed by atoms with Gasteiger partial charge in [0.15, 0.2) is 0 Å². The first-order valence-corrected chi connectivity index (χ1v) is 46.7. The van der Waals surface area contributed by atoms with Gasteiger partial charge in [-0.05, 0) is 329 Å². The Morgan fingerprint density at radius 3 is 0.735 bits per heavy atom. The van der Waals surface area contributed by atoms with Gasteiger partial charge in [0, 0.05) is 95.3 Å². The molecule has 634 valence electrons. The van der Waals surface area contributed by atoms with Crippen LogP contribution in [0.3, 0.4) is 0 Å². The van der Waals surface area contributed by atoms with E-state index in [0.717, 1.165) is 96.1 Å². The minimum absolute atomic E-state index is 0.249. The Kier molecular flexibility index (Phi) is 18.1. The molecule has 0 N–H and O–H groups in total. The number of hydrogen-bond donors (Lipinski definition) is 0. The first-order chi connectivity index (χ1) is 64.0. The maximum atomic E-state index is 4.14. The summed E-state index contributed by atoms with van der Waals surface area (Å²) in [5.74, 6) is 0. The van der Waals surface area contributed by atoms with Gasteiger partial charge in [-0.15, -0.1) is 0 Å². The number of allylic oxidation sites excluding steroid dienone is 2. The zero-order chi connectivity index (χ0) is 89.6. The van der Waals surface area contributed by atoms with Gasteiger partial charge in [0.05, 0.1) is 0 Å². The zero-order valence-corrected chi connectivity index (χ0v) is 76.7. The predicted octanol–water partition coefficient (Wildman–Crippen LogP) is 35.4. The molecule has 4 heteroatoms. The molecule has 0 unspecified atom stereocenters. The first kappa shape index (κ1) is 80.0. The van der Waals surface area contributed by atoms with Gasteiger partial charge in [0.2, 0.25) is 0 Å². The van der Waals surface area contributed by atoms with Crippen molar-refractivity contribution in [1.82, 2.24) is 0 Å². The average Bonchev–Trinajstić information content (AvgIpc) is 1.59. The largest absolute Gasteiger partial charge is 0.310 e. The summed E-state index contributed by atoms with van der Waals surface area (Å²) in [6.07, 6.45) is 6.12. The van der Waals surface area contributed by atoms with E-state index in [0.29, 0.717) is 0 Å². The van der Waals surface area contributed by atoms with E-state index in [1.54, 1.807) is 0 Å². The number of nitrogens with zero attached hydrogens (tertiary/aromatic N) is 4. The Morgan fingerprint density at radius 2 is 0.424 bits per heavy atom. The van der Waals surface area contributed by atoms with Crippen molar-refractivity contribution in [3.05, 3.63) is 474 Å². The topological polar surface area (TPSA) is 13.0 Å². The first-order valence-electron chi connectivity index (χ1n) is 46.7. The van der Waals surface area contributed by atoms with Crippen LogP contribution in [0.5, 0.6) is 0 Å². The van der Waals surface area contributed by atoms with E-state index in [9.17, 15) is 0 Å². The Morgan fingerprint density at radius 1 is 0.189 bits per heavy atom. The number of rotatable bonds is 16. The maximum absolute atomic E-state index is 4.14. The summed E-state index contributed by atoms with van der Waals surface area (Å²) in [6.45, 7) is 30.4. The maximum Gasteiger partial charge on any atom is 0.0488 e. The van der Waals surface area contributed by atoms with Gasteiger partial charge in [-0.25, -0.2) is 0 Å². The van der Waals surface area contributed by atoms with Crippen molar-refractivity contribution in [2.75, 3.05) is 19.6 Å². The van der Waals surface area contributed by atoms with Gasteiger partial charge in [0.25, 0.3) is 0 Å². The molecule has 0 spiro atoms. The van der Waals surface area contributed by atoms with Crippen LogP contribution in [0.15, 0.2) is 407 Å². The monoisotopic (exact) mass is 1690 g/mol. The third-order valence-electron chi connectivity index (χ3n) is 30.4. The molecule has 5 aliphatic rings. The lowest BCUT2D eigenvalue weighted by atomic mass is 9.80. The lowest BCUT2D eigenvalue weighted by molar-refractivity contribution is 0.660. The molecule has 132 heavy (non-hydrogen) atoms. The molecule has 19 aromatic rings. The van der Waals surface area contributed by atoms with Crippen LogP contribution in [0.4, 0.5) is 68.2 Å². The van der Waals surface area contributed by atoms with Crippen LogP contribution in [0, 0.1) is 6.92 Å². The molecule has 0 aliphatic heterocycles. The fourth-order valence-electron chi connectivity index (χ4n) is 23.3. The Hall–Kier alpha value is -15.4. The average molecular weight is 1700 g/mol.